The minimum Gasteiger partial charge on any atom is -0.374 e. The van der Waals surface area contributed by atoms with Crippen molar-refractivity contribution in [3.05, 3.63) is 99.3 Å². The van der Waals surface area contributed by atoms with Crippen molar-refractivity contribution >= 4 is 27.5 Å². The van der Waals surface area contributed by atoms with Gasteiger partial charge >= 0.3 is 6.18 Å². The standard InChI is InChI=1S/C24H19BrF3N3O2/c1-15-11-16(8-9-20(15)22(32)30-14-19-7-2-3-10-29-19)21-13-23(33-31-21,24(26,27)28)17-5-4-6-18(25)12-17/h2-12H,13-14H2,1H3,(H,30,32). The molecule has 4 rings (SSSR count). The van der Waals surface area contributed by atoms with Gasteiger partial charge < -0.3 is 10.2 Å². The van der Waals surface area contributed by atoms with Crippen LogP contribution in [0.4, 0.5) is 13.2 Å². The molecule has 0 radical (unpaired) electrons. The lowest BCUT2D eigenvalue weighted by atomic mass is 9.86. The maximum absolute atomic E-state index is 14.1. The van der Waals surface area contributed by atoms with E-state index in [9.17, 15) is 18.0 Å². The van der Waals surface area contributed by atoms with Gasteiger partial charge in [-0.25, -0.2) is 0 Å². The molecular weight excluding hydrogens is 499 g/mol. The molecule has 0 saturated heterocycles. The van der Waals surface area contributed by atoms with E-state index in [1.807, 2.05) is 6.07 Å². The summed E-state index contributed by atoms with van der Waals surface area (Å²) < 4.78 is 42.9. The van der Waals surface area contributed by atoms with Crippen LogP contribution in [0.25, 0.3) is 0 Å². The van der Waals surface area contributed by atoms with Crippen molar-refractivity contribution in [1.82, 2.24) is 10.3 Å². The first-order chi connectivity index (χ1) is 15.7. The SMILES string of the molecule is Cc1cc(C2=NOC(c3cccc(Br)c3)(C(F)(F)F)C2)ccc1C(=O)NCc1ccccn1. The molecule has 9 heteroatoms. The summed E-state index contributed by atoms with van der Waals surface area (Å²) in [5.41, 5.74) is -0.229. The molecule has 2 aromatic carbocycles. The van der Waals surface area contributed by atoms with Crippen LogP contribution in [0.1, 0.15) is 39.2 Å². The normalized spacial score (nSPS) is 17.9. The minimum atomic E-state index is -4.68. The lowest BCUT2D eigenvalue weighted by Crippen LogP contribution is -2.42. The van der Waals surface area contributed by atoms with E-state index >= 15 is 0 Å². The van der Waals surface area contributed by atoms with Crippen molar-refractivity contribution in [2.45, 2.75) is 31.7 Å². The van der Waals surface area contributed by atoms with E-state index in [4.69, 9.17) is 4.84 Å². The van der Waals surface area contributed by atoms with Gasteiger partial charge in [0.15, 0.2) is 0 Å². The highest BCUT2D eigenvalue weighted by atomic mass is 79.9. The number of carbonyl (C=O) groups excluding carboxylic acids is 1. The predicted molar refractivity (Wildman–Crippen MR) is 121 cm³/mol. The van der Waals surface area contributed by atoms with Crippen LogP contribution in [0.15, 0.2) is 76.5 Å². The molecule has 2 heterocycles. The highest BCUT2D eigenvalue weighted by molar-refractivity contribution is 9.10. The largest absolute Gasteiger partial charge is 0.435 e. The molecule has 3 aromatic rings. The van der Waals surface area contributed by atoms with Gasteiger partial charge in [-0.2, -0.15) is 13.2 Å². The molecule has 0 bridgehead atoms. The first-order valence-electron chi connectivity index (χ1n) is 10.1. The maximum Gasteiger partial charge on any atom is 0.435 e. The molecule has 5 nitrogen and oxygen atoms in total. The second-order valence-corrected chi connectivity index (χ2v) is 8.59. The van der Waals surface area contributed by atoms with Gasteiger partial charge in [0.2, 0.25) is 0 Å². The summed E-state index contributed by atoms with van der Waals surface area (Å²) in [4.78, 5) is 21.8. The van der Waals surface area contributed by atoms with Gasteiger partial charge in [0, 0.05) is 28.2 Å². The summed E-state index contributed by atoms with van der Waals surface area (Å²) in [6.45, 7) is 1.99. The van der Waals surface area contributed by atoms with E-state index in [1.165, 1.54) is 18.2 Å². The van der Waals surface area contributed by atoms with Gasteiger partial charge in [-0.05, 0) is 54.4 Å². The zero-order valence-corrected chi connectivity index (χ0v) is 19.1. The second kappa shape index (κ2) is 8.97. The molecule has 1 amide bonds. The quantitative estimate of drug-likeness (QED) is 0.474. The summed E-state index contributed by atoms with van der Waals surface area (Å²) in [6.07, 6.45) is -3.52. The first kappa shape index (κ1) is 23.0. The van der Waals surface area contributed by atoms with E-state index < -0.39 is 18.2 Å². The van der Waals surface area contributed by atoms with E-state index in [1.54, 1.807) is 49.5 Å². The lowest BCUT2D eigenvalue weighted by Gasteiger charge is -2.29. The van der Waals surface area contributed by atoms with Crippen LogP contribution >= 0.6 is 15.9 Å². The van der Waals surface area contributed by atoms with Crippen LogP contribution in [-0.2, 0) is 17.0 Å². The van der Waals surface area contributed by atoms with E-state index in [0.29, 0.717) is 26.9 Å². The number of amides is 1. The summed E-state index contributed by atoms with van der Waals surface area (Å²) in [7, 11) is 0. The summed E-state index contributed by atoms with van der Waals surface area (Å²) in [6, 6.07) is 16.1. The fourth-order valence-corrected chi connectivity index (χ4v) is 4.06. The fourth-order valence-electron chi connectivity index (χ4n) is 3.66. The van der Waals surface area contributed by atoms with E-state index in [-0.39, 0.29) is 23.7 Å². The van der Waals surface area contributed by atoms with Crippen LogP contribution in [0.2, 0.25) is 0 Å². The van der Waals surface area contributed by atoms with Crippen LogP contribution in [-0.4, -0.2) is 22.8 Å². The van der Waals surface area contributed by atoms with Crippen molar-refractivity contribution in [3.63, 3.8) is 0 Å². The first-order valence-corrected chi connectivity index (χ1v) is 10.9. The maximum atomic E-state index is 14.1. The lowest BCUT2D eigenvalue weighted by molar-refractivity contribution is -0.275. The molecule has 0 aliphatic carbocycles. The van der Waals surface area contributed by atoms with Gasteiger partial charge in [-0.1, -0.05) is 45.4 Å². The molecule has 1 atom stereocenters. The number of pyridine rings is 1. The van der Waals surface area contributed by atoms with Crippen molar-refractivity contribution in [3.8, 4) is 0 Å². The Morgan fingerprint density at radius 2 is 1.97 bits per heavy atom. The minimum absolute atomic E-state index is 0.0367. The Bertz CT molecular complexity index is 1220. The molecule has 1 N–H and O–H groups in total. The Labute approximate surface area is 196 Å². The van der Waals surface area contributed by atoms with Gasteiger partial charge in [0.05, 0.1) is 18.0 Å². The Kier molecular flexibility index (Phi) is 6.25. The van der Waals surface area contributed by atoms with Gasteiger partial charge in [-0.15, -0.1) is 0 Å². The fraction of sp³-hybridized carbons (Fsp3) is 0.208. The van der Waals surface area contributed by atoms with Crippen LogP contribution in [0, 0.1) is 6.92 Å². The number of benzene rings is 2. The number of hydrogen-bond donors (Lipinski definition) is 1. The Balaban J connectivity index is 1.54. The Morgan fingerprint density at radius 1 is 1.15 bits per heavy atom. The molecule has 1 aromatic heterocycles. The number of carbonyl (C=O) groups is 1. The number of nitrogens with zero attached hydrogens (tertiary/aromatic N) is 2. The monoisotopic (exact) mass is 517 g/mol. The predicted octanol–water partition coefficient (Wildman–Crippen LogP) is 5.66. The number of aryl methyl sites for hydroxylation is 1. The summed E-state index contributed by atoms with van der Waals surface area (Å²) in [5.74, 6) is -0.298. The third-order valence-electron chi connectivity index (χ3n) is 5.44. The number of aromatic nitrogens is 1. The van der Waals surface area contributed by atoms with Crippen molar-refractivity contribution in [2.24, 2.45) is 5.16 Å². The number of hydrogen-bond acceptors (Lipinski definition) is 4. The average molecular weight is 518 g/mol. The van der Waals surface area contributed by atoms with Gasteiger partial charge in [0.1, 0.15) is 0 Å². The average Bonchev–Trinajstić information content (AvgIpc) is 3.25. The number of halogens is 4. The smallest absolute Gasteiger partial charge is 0.374 e. The van der Waals surface area contributed by atoms with Crippen molar-refractivity contribution < 1.29 is 22.8 Å². The van der Waals surface area contributed by atoms with Crippen LogP contribution < -0.4 is 5.32 Å². The topological polar surface area (TPSA) is 63.6 Å². The molecule has 0 fully saturated rings. The molecule has 1 aliphatic rings. The number of alkyl halides is 3. The molecule has 1 aliphatic heterocycles. The highest BCUT2D eigenvalue weighted by Gasteiger charge is 2.62. The molecule has 0 saturated carbocycles. The number of oxime groups is 1. The van der Waals surface area contributed by atoms with Gasteiger partial charge in [-0.3, -0.25) is 9.78 Å². The van der Waals surface area contributed by atoms with Crippen LogP contribution in [0.5, 0.6) is 0 Å². The zero-order chi connectivity index (χ0) is 23.6. The van der Waals surface area contributed by atoms with E-state index in [0.717, 1.165) is 0 Å². The molecule has 1 unspecified atom stereocenters. The molecule has 33 heavy (non-hydrogen) atoms. The molecule has 170 valence electrons. The number of nitrogens with one attached hydrogen (secondary N) is 1. The Morgan fingerprint density at radius 3 is 2.64 bits per heavy atom. The summed E-state index contributed by atoms with van der Waals surface area (Å²) >= 11 is 3.22. The molecule has 0 spiro atoms. The van der Waals surface area contributed by atoms with Crippen LogP contribution in [0.3, 0.4) is 0 Å². The second-order valence-electron chi connectivity index (χ2n) is 7.67. The third-order valence-corrected chi connectivity index (χ3v) is 5.93. The van der Waals surface area contributed by atoms with Gasteiger partial charge in [0.25, 0.3) is 11.5 Å². The zero-order valence-electron chi connectivity index (χ0n) is 17.5. The number of rotatable bonds is 5. The van der Waals surface area contributed by atoms with E-state index in [2.05, 4.69) is 31.4 Å². The third kappa shape index (κ3) is 4.64. The van der Waals surface area contributed by atoms with Crippen molar-refractivity contribution in [2.75, 3.05) is 0 Å². The molecular formula is C24H19BrF3N3O2. The highest BCUT2D eigenvalue weighted by Crippen LogP contribution is 2.49. The van der Waals surface area contributed by atoms with Crippen molar-refractivity contribution in [1.29, 1.82) is 0 Å². The Hall–Kier alpha value is -3.20. The summed E-state index contributed by atoms with van der Waals surface area (Å²) in [5, 5.41) is 6.59.